The lowest BCUT2D eigenvalue weighted by molar-refractivity contribution is 0.101. The zero-order chi connectivity index (χ0) is 11.4. The molecular formula is C13H17NO. The average Bonchev–Trinajstić information content (AvgIpc) is 2.16. The van der Waals surface area contributed by atoms with Gasteiger partial charge in [0.25, 0.3) is 0 Å². The van der Waals surface area contributed by atoms with Gasteiger partial charge in [-0.3, -0.25) is 9.79 Å². The fourth-order valence-electron chi connectivity index (χ4n) is 1.20. The van der Waals surface area contributed by atoms with E-state index in [1.54, 1.807) is 6.92 Å². The van der Waals surface area contributed by atoms with E-state index in [1.165, 1.54) is 0 Å². The normalized spacial score (nSPS) is 11.3. The molecule has 1 aromatic carbocycles. The van der Waals surface area contributed by atoms with E-state index >= 15 is 0 Å². The third kappa shape index (κ3) is 3.31. The van der Waals surface area contributed by atoms with Crippen LogP contribution in [0.2, 0.25) is 0 Å². The number of hydrogen-bond acceptors (Lipinski definition) is 2. The Morgan fingerprint density at radius 2 is 2.07 bits per heavy atom. The Hall–Kier alpha value is -1.44. The van der Waals surface area contributed by atoms with Gasteiger partial charge in [-0.1, -0.05) is 26.0 Å². The molecule has 0 atom stereocenters. The van der Waals surface area contributed by atoms with Crippen molar-refractivity contribution in [3.8, 4) is 0 Å². The highest BCUT2D eigenvalue weighted by molar-refractivity contribution is 5.95. The molecule has 80 valence electrons. The van der Waals surface area contributed by atoms with E-state index in [0.29, 0.717) is 5.92 Å². The summed E-state index contributed by atoms with van der Waals surface area (Å²) < 4.78 is 0. The fourth-order valence-corrected chi connectivity index (χ4v) is 1.20. The van der Waals surface area contributed by atoms with Crippen LogP contribution >= 0.6 is 0 Å². The number of nitrogens with zero attached hydrogens (tertiary/aromatic N) is 1. The van der Waals surface area contributed by atoms with Crippen LogP contribution in [0.25, 0.3) is 0 Å². The van der Waals surface area contributed by atoms with Crippen LogP contribution < -0.4 is 0 Å². The summed E-state index contributed by atoms with van der Waals surface area (Å²) in [6, 6.07) is 5.62. The molecule has 0 saturated carbocycles. The molecule has 1 aromatic rings. The van der Waals surface area contributed by atoms with Gasteiger partial charge in [0.2, 0.25) is 0 Å². The van der Waals surface area contributed by atoms with Gasteiger partial charge in [-0.25, -0.2) is 0 Å². The number of carbonyl (C=O) groups excluding carboxylic acids is 1. The third-order valence-electron chi connectivity index (χ3n) is 2.13. The van der Waals surface area contributed by atoms with E-state index in [0.717, 1.165) is 16.8 Å². The maximum absolute atomic E-state index is 11.2. The lowest BCUT2D eigenvalue weighted by atomic mass is 10.1. The maximum Gasteiger partial charge on any atom is 0.159 e. The van der Waals surface area contributed by atoms with Gasteiger partial charge in [-0.05, 0) is 31.4 Å². The predicted octanol–water partition coefficient (Wildman–Crippen LogP) is 3.56. The molecule has 2 heteroatoms. The molecule has 1 rings (SSSR count). The molecule has 15 heavy (non-hydrogen) atoms. The van der Waals surface area contributed by atoms with E-state index in [4.69, 9.17) is 0 Å². The quantitative estimate of drug-likeness (QED) is 0.545. The molecule has 0 aliphatic carbocycles. The molecule has 0 heterocycles. The minimum absolute atomic E-state index is 0.0796. The van der Waals surface area contributed by atoms with E-state index in [9.17, 15) is 4.79 Å². The monoisotopic (exact) mass is 203 g/mol. The van der Waals surface area contributed by atoms with Gasteiger partial charge >= 0.3 is 0 Å². The van der Waals surface area contributed by atoms with Gasteiger partial charge in [-0.15, -0.1) is 0 Å². The first kappa shape index (κ1) is 11.6. The average molecular weight is 203 g/mol. The first-order valence-corrected chi connectivity index (χ1v) is 5.16. The molecule has 0 N–H and O–H groups in total. The number of benzene rings is 1. The molecule has 2 nitrogen and oxygen atoms in total. The van der Waals surface area contributed by atoms with Crippen LogP contribution in [0, 0.1) is 12.8 Å². The van der Waals surface area contributed by atoms with Crippen molar-refractivity contribution in [2.24, 2.45) is 10.9 Å². The van der Waals surface area contributed by atoms with E-state index < -0.39 is 0 Å². The molecule has 0 spiro atoms. The van der Waals surface area contributed by atoms with Crippen molar-refractivity contribution >= 4 is 17.7 Å². The lowest BCUT2D eigenvalue weighted by Gasteiger charge is -2.03. The third-order valence-corrected chi connectivity index (χ3v) is 2.13. The van der Waals surface area contributed by atoms with Crippen molar-refractivity contribution in [3.63, 3.8) is 0 Å². The van der Waals surface area contributed by atoms with Gasteiger partial charge in [-0.2, -0.15) is 0 Å². The molecule has 0 amide bonds. The highest BCUT2D eigenvalue weighted by Gasteiger charge is 2.02. The van der Waals surface area contributed by atoms with Crippen LogP contribution in [-0.2, 0) is 0 Å². The van der Waals surface area contributed by atoms with Crippen LogP contribution in [0.1, 0.15) is 36.7 Å². The molecule has 0 bridgehead atoms. The second kappa shape index (κ2) is 4.87. The first-order valence-electron chi connectivity index (χ1n) is 5.16. The van der Waals surface area contributed by atoms with E-state index in [1.807, 2.05) is 31.3 Å². The molecule has 0 fully saturated rings. The minimum Gasteiger partial charge on any atom is -0.295 e. The number of aliphatic imine (C=N–C) groups is 1. The van der Waals surface area contributed by atoms with Crippen molar-refractivity contribution in [3.05, 3.63) is 29.3 Å². The van der Waals surface area contributed by atoms with Gasteiger partial charge in [0.05, 0.1) is 5.69 Å². The number of hydrogen-bond donors (Lipinski definition) is 0. The minimum atomic E-state index is 0.0796. The highest BCUT2D eigenvalue weighted by Crippen LogP contribution is 2.20. The Bertz CT molecular complexity index is 392. The Balaban J connectivity index is 3.05. The summed E-state index contributed by atoms with van der Waals surface area (Å²) >= 11 is 0. The maximum atomic E-state index is 11.2. The Morgan fingerprint density at radius 3 is 2.60 bits per heavy atom. The first-order chi connectivity index (χ1) is 7.00. The predicted molar refractivity (Wildman–Crippen MR) is 64.2 cm³/mol. The Morgan fingerprint density at radius 1 is 1.40 bits per heavy atom. The van der Waals surface area contributed by atoms with Gasteiger partial charge < -0.3 is 0 Å². The van der Waals surface area contributed by atoms with Crippen molar-refractivity contribution < 1.29 is 4.79 Å². The molecule has 0 aromatic heterocycles. The largest absolute Gasteiger partial charge is 0.295 e. The number of aryl methyl sites for hydroxylation is 1. The Kier molecular flexibility index (Phi) is 3.78. The van der Waals surface area contributed by atoms with Crippen molar-refractivity contribution in [2.45, 2.75) is 27.7 Å². The number of Topliss-reactive ketones (excluding diaryl/α,β-unsaturated/α-hetero) is 1. The van der Waals surface area contributed by atoms with Gasteiger partial charge in [0.15, 0.2) is 5.78 Å². The summed E-state index contributed by atoms with van der Waals surface area (Å²) in [6.45, 7) is 7.72. The summed E-state index contributed by atoms with van der Waals surface area (Å²) in [5.74, 6) is 0.501. The zero-order valence-electron chi connectivity index (χ0n) is 9.74. The second-order valence-electron chi connectivity index (χ2n) is 4.08. The van der Waals surface area contributed by atoms with Crippen LogP contribution in [0.3, 0.4) is 0 Å². The molecular weight excluding hydrogens is 186 g/mol. The summed E-state index contributed by atoms with van der Waals surface area (Å²) in [7, 11) is 0. The molecule has 0 unspecified atom stereocenters. The standard InChI is InChI=1S/C13H17NO/c1-9(2)8-14-13-7-12(11(4)15)6-5-10(13)3/h5-9H,1-4H3. The van der Waals surface area contributed by atoms with Crippen LogP contribution in [0.4, 0.5) is 5.69 Å². The van der Waals surface area contributed by atoms with Gasteiger partial charge in [0.1, 0.15) is 0 Å². The van der Waals surface area contributed by atoms with Crippen molar-refractivity contribution in [1.29, 1.82) is 0 Å². The topological polar surface area (TPSA) is 29.4 Å². The van der Waals surface area contributed by atoms with E-state index in [2.05, 4.69) is 18.8 Å². The highest BCUT2D eigenvalue weighted by atomic mass is 16.1. The molecule has 0 aliphatic heterocycles. The van der Waals surface area contributed by atoms with E-state index in [-0.39, 0.29) is 5.78 Å². The van der Waals surface area contributed by atoms with Crippen LogP contribution in [0.5, 0.6) is 0 Å². The molecule has 0 aliphatic rings. The summed E-state index contributed by atoms with van der Waals surface area (Å²) in [5, 5.41) is 0. The lowest BCUT2D eigenvalue weighted by Crippen LogP contribution is -1.92. The molecule has 0 radical (unpaired) electrons. The summed E-state index contributed by atoms with van der Waals surface area (Å²) in [6.07, 6.45) is 1.90. The van der Waals surface area contributed by atoms with Crippen molar-refractivity contribution in [1.82, 2.24) is 0 Å². The molecule has 0 saturated heterocycles. The number of ketones is 1. The smallest absolute Gasteiger partial charge is 0.159 e. The van der Waals surface area contributed by atoms with Crippen LogP contribution in [0.15, 0.2) is 23.2 Å². The van der Waals surface area contributed by atoms with Crippen LogP contribution in [-0.4, -0.2) is 12.0 Å². The second-order valence-corrected chi connectivity index (χ2v) is 4.08. The summed E-state index contributed by atoms with van der Waals surface area (Å²) in [4.78, 5) is 15.6. The Labute approximate surface area is 91.0 Å². The SMILES string of the molecule is CC(=O)c1ccc(C)c(N=CC(C)C)c1. The number of rotatable bonds is 3. The fraction of sp³-hybridized carbons (Fsp3) is 0.385. The number of carbonyl (C=O) groups is 1. The summed E-state index contributed by atoms with van der Waals surface area (Å²) in [5.41, 5.74) is 2.70. The van der Waals surface area contributed by atoms with Gasteiger partial charge in [0, 0.05) is 11.8 Å². The van der Waals surface area contributed by atoms with Crippen molar-refractivity contribution in [2.75, 3.05) is 0 Å². The zero-order valence-corrected chi connectivity index (χ0v) is 9.74.